The molecule has 1 N–H and O–H groups in total. The van der Waals surface area contributed by atoms with Crippen molar-refractivity contribution in [2.45, 2.75) is 59.7 Å². The van der Waals surface area contributed by atoms with Crippen LogP contribution in [0.1, 0.15) is 46.7 Å². The van der Waals surface area contributed by atoms with Crippen molar-refractivity contribution in [1.29, 1.82) is 0 Å². The molecule has 1 aromatic heterocycles. The third-order valence-corrected chi connectivity index (χ3v) is 4.01. The van der Waals surface area contributed by atoms with Crippen molar-refractivity contribution in [1.82, 2.24) is 25.2 Å². The van der Waals surface area contributed by atoms with Crippen LogP contribution in [0, 0.1) is 5.92 Å². The van der Waals surface area contributed by atoms with Crippen molar-refractivity contribution in [3.63, 3.8) is 0 Å². The Bertz CT molecular complexity index is 383. The highest BCUT2D eigenvalue weighted by Gasteiger charge is 2.20. The lowest BCUT2D eigenvalue weighted by Crippen LogP contribution is -2.42. The summed E-state index contributed by atoms with van der Waals surface area (Å²) in [6.07, 6.45) is 3.19. The second-order valence-electron chi connectivity index (χ2n) is 6.59. The van der Waals surface area contributed by atoms with Crippen LogP contribution in [0.5, 0.6) is 0 Å². The highest BCUT2D eigenvalue weighted by atomic mass is 15.4. The molecule has 0 saturated heterocycles. The van der Waals surface area contributed by atoms with Gasteiger partial charge in [-0.05, 0) is 39.8 Å². The first-order valence-corrected chi connectivity index (χ1v) is 7.66. The molecule has 0 fully saturated rings. The van der Waals surface area contributed by atoms with Gasteiger partial charge < -0.3 is 5.32 Å². The summed E-state index contributed by atoms with van der Waals surface area (Å²) in [5.41, 5.74) is 1.26. The van der Waals surface area contributed by atoms with Gasteiger partial charge in [0.25, 0.3) is 0 Å². The number of hydrogen-bond acceptors (Lipinski definition) is 4. The molecule has 0 atom stereocenters. The average molecular weight is 281 g/mol. The molecule has 0 bridgehead atoms. The zero-order valence-corrected chi connectivity index (χ0v) is 14.0. The van der Waals surface area contributed by atoms with Crippen molar-refractivity contribution in [3.8, 4) is 0 Å². The molecule has 5 heteroatoms. The van der Waals surface area contributed by atoms with Crippen molar-refractivity contribution in [2.75, 3.05) is 20.1 Å². The lowest BCUT2D eigenvalue weighted by Gasteiger charge is -2.34. The third kappa shape index (κ3) is 5.59. The fourth-order valence-electron chi connectivity index (χ4n) is 1.84. The molecule has 0 aliphatic rings. The largest absolute Gasteiger partial charge is 0.311 e. The molecule has 0 aliphatic heterocycles. The van der Waals surface area contributed by atoms with Crippen LogP contribution in [0.15, 0.2) is 6.20 Å². The monoisotopic (exact) mass is 281 g/mol. The molecular weight excluding hydrogens is 250 g/mol. The maximum Gasteiger partial charge on any atom is 0.0964 e. The summed E-state index contributed by atoms with van der Waals surface area (Å²) in [4.78, 5) is 2.38. The van der Waals surface area contributed by atoms with E-state index in [0.717, 1.165) is 38.3 Å². The molecule has 0 spiro atoms. The zero-order valence-electron chi connectivity index (χ0n) is 14.0. The molecule has 1 rings (SSSR count). The van der Waals surface area contributed by atoms with E-state index in [1.54, 1.807) is 0 Å². The minimum absolute atomic E-state index is 0.238. The first kappa shape index (κ1) is 17.1. The van der Waals surface area contributed by atoms with E-state index in [4.69, 9.17) is 0 Å². The Kier molecular flexibility index (Phi) is 6.62. The topological polar surface area (TPSA) is 46.0 Å². The van der Waals surface area contributed by atoms with Gasteiger partial charge in [0.2, 0.25) is 0 Å². The van der Waals surface area contributed by atoms with Crippen LogP contribution < -0.4 is 5.32 Å². The predicted molar refractivity (Wildman–Crippen MR) is 83.6 cm³/mol. The Morgan fingerprint density at radius 3 is 2.70 bits per heavy atom. The van der Waals surface area contributed by atoms with E-state index in [1.807, 2.05) is 10.9 Å². The van der Waals surface area contributed by atoms with E-state index in [-0.39, 0.29) is 5.54 Å². The van der Waals surface area contributed by atoms with E-state index < -0.39 is 0 Å². The highest BCUT2D eigenvalue weighted by molar-refractivity contribution is 4.91. The Labute approximate surface area is 123 Å². The van der Waals surface area contributed by atoms with E-state index in [9.17, 15) is 0 Å². The molecule has 0 aliphatic carbocycles. The average Bonchev–Trinajstić information content (AvgIpc) is 2.83. The van der Waals surface area contributed by atoms with Gasteiger partial charge in [-0.15, -0.1) is 5.10 Å². The predicted octanol–water partition coefficient (Wildman–Crippen LogP) is 2.14. The van der Waals surface area contributed by atoms with E-state index in [1.165, 1.54) is 0 Å². The van der Waals surface area contributed by atoms with Gasteiger partial charge in [-0.1, -0.05) is 26.0 Å². The van der Waals surface area contributed by atoms with Crippen molar-refractivity contribution < 1.29 is 0 Å². The minimum atomic E-state index is 0.238. The van der Waals surface area contributed by atoms with Crippen molar-refractivity contribution >= 4 is 0 Å². The van der Waals surface area contributed by atoms with Gasteiger partial charge in [-0.2, -0.15) is 0 Å². The fraction of sp³-hybridized carbons (Fsp3) is 0.867. The minimum Gasteiger partial charge on any atom is -0.311 e. The number of nitrogens with one attached hydrogen (secondary N) is 1. The smallest absolute Gasteiger partial charge is 0.0964 e. The third-order valence-electron chi connectivity index (χ3n) is 4.01. The van der Waals surface area contributed by atoms with Gasteiger partial charge in [0, 0.05) is 24.8 Å². The van der Waals surface area contributed by atoms with Crippen molar-refractivity contribution in [3.05, 3.63) is 11.9 Å². The molecule has 20 heavy (non-hydrogen) atoms. The Balaban J connectivity index is 2.37. The standard InChI is InChI=1S/C15H31N5/c1-7-15(4,5)19(6)8-9-20-12-14(17-18-20)11-16-10-13(2)3/h12-13,16H,7-11H2,1-6H3. The molecule has 5 nitrogen and oxygen atoms in total. The van der Waals surface area contributed by atoms with Crippen LogP contribution in [0.25, 0.3) is 0 Å². The molecule has 0 radical (unpaired) electrons. The van der Waals surface area contributed by atoms with Crippen LogP contribution in [-0.4, -0.2) is 45.6 Å². The van der Waals surface area contributed by atoms with Gasteiger partial charge in [-0.25, -0.2) is 0 Å². The first-order valence-electron chi connectivity index (χ1n) is 7.66. The van der Waals surface area contributed by atoms with Gasteiger partial charge >= 0.3 is 0 Å². The van der Waals surface area contributed by atoms with E-state index in [2.05, 4.69) is 62.2 Å². The summed E-state index contributed by atoms with van der Waals surface area (Å²) in [6, 6.07) is 0. The molecule has 0 amide bonds. The summed E-state index contributed by atoms with van der Waals surface area (Å²) < 4.78 is 1.94. The second kappa shape index (κ2) is 7.74. The zero-order chi connectivity index (χ0) is 15.2. The summed E-state index contributed by atoms with van der Waals surface area (Å²) in [7, 11) is 2.17. The summed E-state index contributed by atoms with van der Waals surface area (Å²) >= 11 is 0. The van der Waals surface area contributed by atoms with Gasteiger partial charge in [0.15, 0.2) is 0 Å². The summed E-state index contributed by atoms with van der Waals surface area (Å²) in [6.45, 7) is 14.9. The molecule has 1 aromatic rings. The van der Waals surface area contributed by atoms with Crippen LogP contribution >= 0.6 is 0 Å². The quantitative estimate of drug-likeness (QED) is 0.753. The summed E-state index contributed by atoms with van der Waals surface area (Å²) in [5.74, 6) is 0.662. The maximum atomic E-state index is 4.21. The second-order valence-corrected chi connectivity index (χ2v) is 6.59. The molecule has 0 unspecified atom stereocenters. The van der Waals surface area contributed by atoms with Crippen LogP contribution in [0.4, 0.5) is 0 Å². The van der Waals surface area contributed by atoms with E-state index in [0.29, 0.717) is 5.92 Å². The highest BCUT2D eigenvalue weighted by Crippen LogP contribution is 2.15. The Morgan fingerprint density at radius 2 is 2.10 bits per heavy atom. The number of hydrogen-bond donors (Lipinski definition) is 1. The normalized spacial score (nSPS) is 12.6. The van der Waals surface area contributed by atoms with Crippen molar-refractivity contribution in [2.24, 2.45) is 5.92 Å². The van der Waals surface area contributed by atoms with Gasteiger partial charge in [0.1, 0.15) is 0 Å². The Hall–Kier alpha value is -0.940. The lowest BCUT2D eigenvalue weighted by molar-refractivity contribution is 0.144. The molecule has 0 saturated carbocycles. The van der Waals surface area contributed by atoms with E-state index >= 15 is 0 Å². The van der Waals surface area contributed by atoms with Crippen LogP contribution in [0.3, 0.4) is 0 Å². The fourth-order valence-corrected chi connectivity index (χ4v) is 1.84. The molecule has 116 valence electrons. The maximum absolute atomic E-state index is 4.21. The van der Waals surface area contributed by atoms with Crippen LogP contribution in [0.2, 0.25) is 0 Å². The number of likely N-dealkylation sites (N-methyl/N-ethyl adjacent to an activating group) is 1. The summed E-state index contributed by atoms with van der Waals surface area (Å²) in [5, 5.41) is 11.8. The first-order chi connectivity index (χ1) is 9.35. The SMILES string of the molecule is CCC(C)(C)N(C)CCn1cc(CNCC(C)C)nn1. The Morgan fingerprint density at radius 1 is 1.40 bits per heavy atom. The number of aromatic nitrogens is 3. The lowest BCUT2D eigenvalue weighted by atomic mass is 10.0. The molecular formula is C15H31N5. The molecule has 1 heterocycles. The molecule has 0 aromatic carbocycles. The number of rotatable bonds is 9. The van der Waals surface area contributed by atoms with Gasteiger partial charge in [-0.3, -0.25) is 9.58 Å². The van der Waals surface area contributed by atoms with Gasteiger partial charge in [0.05, 0.1) is 12.2 Å². The number of nitrogens with zero attached hydrogens (tertiary/aromatic N) is 4. The van der Waals surface area contributed by atoms with Crippen LogP contribution in [-0.2, 0) is 13.1 Å².